The summed E-state index contributed by atoms with van der Waals surface area (Å²) in [6, 6.07) is 0. The molecule has 0 spiro atoms. The lowest BCUT2D eigenvalue weighted by molar-refractivity contribution is -0.148. The molecule has 0 atom stereocenters. The van der Waals surface area contributed by atoms with Gasteiger partial charge in [0.2, 0.25) is 0 Å². The topological polar surface area (TPSA) is 23.6 Å². The molecule has 0 unspecified atom stereocenters. The molecule has 1 saturated heterocycles. The molecular weight excluding hydrogens is 256 g/mol. The van der Waals surface area contributed by atoms with Gasteiger partial charge in [-0.15, -0.1) is 12.4 Å². The number of halogens is 5. The predicted octanol–water partition coefficient (Wildman–Crippen LogP) is 1.95. The predicted molar refractivity (Wildman–Crippen MR) is 52.6 cm³/mol. The molecule has 0 aromatic carbocycles. The lowest BCUT2D eigenvalue weighted by Crippen LogP contribution is -2.49. The van der Waals surface area contributed by atoms with E-state index < -0.39 is 18.1 Å². The van der Waals surface area contributed by atoms with Crippen LogP contribution in [0.2, 0.25) is 0 Å². The van der Waals surface area contributed by atoms with Crippen molar-refractivity contribution in [1.29, 1.82) is 0 Å². The van der Waals surface area contributed by atoms with Crippen molar-refractivity contribution in [2.45, 2.75) is 6.18 Å². The Bertz CT molecular complexity index is 217. The van der Waals surface area contributed by atoms with Crippen LogP contribution in [-0.2, 0) is 0 Å². The molecule has 3 nitrogen and oxygen atoms in total. The summed E-state index contributed by atoms with van der Waals surface area (Å²) in [5.41, 5.74) is 0. The normalized spacial score (nSPS) is 18.5. The van der Waals surface area contributed by atoms with E-state index in [-0.39, 0.29) is 38.6 Å². The van der Waals surface area contributed by atoms with Crippen molar-refractivity contribution in [3.63, 3.8) is 0 Å². The molecule has 1 heterocycles. The average Bonchev–Trinajstić information content (AvgIpc) is 2.02. The first-order valence-corrected chi connectivity index (χ1v) is 4.50. The minimum atomic E-state index is -4.17. The summed E-state index contributed by atoms with van der Waals surface area (Å²) >= 11 is 5.18. The van der Waals surface area contributed by atoms with Gasteiger partial charge in [0, 0.05) is 26.2 Å². The number of alkyl halides is 3. The average molecular weight is 267 g/mol. The van der Waals surface area contributed by atoms with Crippen LogP contribution in [0, 0.1) is 0 Å². The van der Waals surface area contributed by atoms with Crippen molar-refractivity contribution < 1.29 is 18.0 Å². The van der Waals surface area contributed by atoms with E-state index in [2.05, 4.69) is 0 Å². The maximum Gasteiger partial charge on any atom is 0.401 e. The number of carbonyl (C=O) groups excluding carboxylic acids is 1. The maximum atomic E-state index is 11.9. The first kappa shape index (κ1) is 14.8. The molecule has 0 aromatic rings. The van der Waals surface area contributed by atoms with E-state index >= 15 is 0 Å². The molecule has 1 aliphatic rings. The molecule has 0 N–H and O–H groups in total. The lowest BCUT2D eigenvalue weighted by Gasteiger charge is -2.33. The highest BCUT2D eigenvalue weighted by Crippen LogP contribution is 2.17. The highest BCUT2D eigenvalue weighted by Gasteiger charge is 2.32. The van der Waals surface area contributed by atoms with Gasteiger partial charge in [-0.3, -0.25) is 9.69 Å². The Labute approximate surface area is 96.6 Å². The minimum Gasteiger partial charge on any atom is -0.327 e. The third kappa shape index (κ3) is 5.44. The molecule has 0 bridgehead atoms. The summed E-state index contributed by atoms with van der Waals surface area (Å²) in [6.45, 7) is 0.0457. The van der Waals surface area contributed by atoms with Crippen LogP contribution in [-0.4, -0.2) is 54.1 Å². The fourth-order valence-electron chi connectivity index (χ4n) is 1.34. The molecule has 15 heavy (non-hydrogen) atoms. The van der Waals surface area contributed by atoms with E-state index in [0.717, 1.165) is 0 Å². The van der Waals surface area contributed by atoms with Crippen molar-refractivity contribution >= 4 is 29.4 Å². The Morgan fingerprint density at radius 3 is 2.00 bits per heavy atom. The van der Waals surface area contributed by atoms with Crippen LogP contribution in [0.4, 0.5) is 18.0 Å². The van der Waals surface area contributed by atoms with Crippen LogP contribution < -0.4 is 0 Å². The molecule has 0 aromatic heterocycles. The second-order valence-corrected chi connectivity index (χ2v) is 3.45. The third-order valence-electron chi connectivity index (χ3n) is 2.02. The molecule has 1 amide bonds. The molecule has 1 rings (SSSR count). The first-order chi connectivity index (χ1) is 6.38. The molecular formula is C7H11Cl2F3N2O. The number of piperazine rings is 1. The van der Waals surface area contributed by atoms with Crippen molar-refractivity contribution in [3.8, 4) is 0 Å². The summed E-state index contributed by atoms with van der Waals surface area (Å²) in [5.74, 6) is 0. The summed E-state index contributed by atoms with van der Waals surface area (Å²) in [6.07, 6.45) is -4.17. The Kier molecular flexibility index (Phi) is 5.69. The Morgan fingerprint density at radius 1 is 1.20 bits per heavy atom. The number of rotatable bonds is 1. The van der Waals surface area contributed by atoms with Gasteiger partial charge in [0.25, 0.3) is 0 Å². The van der Waals surface area contributed by atoms with E-state index in [1.807, 2.05) is 0 Å². The zero-order chi connectivity index (χ0) is 10.8. The number of amides is 1. The van der Waals surface area contributed by atoms with Gasteiger partial charge >= 0.3 is 11.5 Å². The van der Waals surface area contributed by atoms with Gasteiger partial charge in [-0.1, -0.05) is 0 Å². The summed E-state index contributed by atoms with van der Waals surface area (Å²) in [5, 5.41) is -0.600. The summed E-state index contributed by atoms with van der Waals surface area (Å²) in [7, 11) is 0. The number of carbonyl (C=O) groups is 1. The largest absolute Gasteiger partial charge is 0.401 e. The molecule has 90 valence electrons. The smallest absolute Gasteiger partial charge is 0.327 e. The fraction of sp³-hybridized carbons (Fsp3) is 0.857. The quantitative estimate of drug-likeness (QED) is 0.535. The molecule has 0 radical (unpaired) electrons. The van der Waals surface area contributed by atoms with Crippen LogP contribution in [0.1, 0.15) is 0 Å². The van der Waals surface area contributed by atoms with Crippen molar-refractivity contribution in [2.24, 2.45) is 0 Å². The van der Waals surface area contributed by atoms with Gasteiger partial charge in [-0.05, 0) is 11.6 Å². The molecule has 8 heteroatoms. The van der Waals surface area contributed by atoms with Gasteiger partial charge < -0.3 is 4.90 Å². The van der Waals surface area contributed by atoms with E-state index in [4.69, 9.17) is 11.6 Å². The Morgan fingerprint density at radius 2 is 1.67 bits per heavy atom. The van der Waals surface area contributed by atoms with Gasteiger partial charge in [-0.25, -0.2) is 0 Å². The van der Waals surface area contributed by atoms with Crippen LogP contribution >= 0.6 is 24.0 Å². The molecule has 0 saturated carbocycles. The Balaban J connectivity index is 0.00000196. The second-order valence-electron chi connectivity index (χ2n) is 3.13. The monoisotopic (exact) mass is 266 g/mol. The fourth-order valence-corrected chi connectivity index (χ4v) is 1.50. The zero-order valence-electron chi connectivity index (χ0n) is 7.76. The SMILES string of the molecule is Cl.O=C(Cl)N1CCN(CC(F)(F)F)CC1. The molecule has 0 aliphatic carbocycles. The lowest BCUT2D eigenvalue weighted by atomic mass is 10.3. The van der Waals surface area contributed by atoms with Gasteiger partial charge in [0.1, 0.15) is 0 Å². The number of nitrogens with zero attached hydrogens (tertiary/aromatic N) is 2. The van der Waals surface area contributed by atoms with Gasteiger partial charge in [-0.2, -0.15) is 13.2 Å². The van der Waals surface area contributed by atoms with Crippen LogP contribution in [0.25, 0.3) is 0 Å². The summed E-state index contributed by atoms with van der Waals surface area (Å²) in [4.78, 5) is 13.2. The van der Waals surface area contributed by atoms with Gasteiger partial charge in [0.05, 0.1) is 6.54 Å². The highest BCUT2D eigenvalue weighted by molar-refractivity contribution is 6.62. The highest BCUT2D eigenvalue weighted by atomic mass is 35.5. The van der Waals surface area contributed by atoms with Crippen molar-refractivity contribution in [2.75, 3.05) is 32.7 Å². The standard InChI is InChI=1S/C7H10ClF3N2O.ClH/c8-6(14)13-3-1-12(2-4-13)5-7(9,10)11;/h1-5H2;1H. The van der Waals surface area contributed by atoms with E-state index in [9.17, 15) is 18.0 Å². The van der Waals surface area contributed by atoms with Crippen LogP contribution in [0.3, 0.4) is 0 Å². The Hall–Kier alpha value is -0.200. The van der Waals surface area contributed by atoms with E-state index in [1.165, 1.54) is 9.80 Å². The van der Waals surface area contributed by atoms with Crippen molar-refractivity contribution in [1.82, 2.24) is 9.80 Å². The van der Waals surface area contributed by atoms with Gasteiger partial charge in [0.15, 0.2) is 0 Å². The molecule has 1 fully saturated rings. The number of hydrogen-bond acceptors (Lipinski definition) is 2. The van der Waals surface area contributed by atoms with Crippen LogP contribution in [0.5, 0.6) is 0 Å². The van der Waals surface area contributed by atoms with Crippen molar-refractivity contribution in [3.05, 3.63) is 0 Å². The van der Waals surface area contributed by atoms with E-state index in [1.54, 1.807) is 0 Å². The molecule has 1 aliphatic heterocycles. The second kappa shape index (κ2) is 5.77. The maximum absolute atomic E-state index is 11.9. The third-order valence-corrected chi connectivity index (χ3v) is 2.26. The summed E-state index contributed by atoms with van der Waals surface area (Å²) < 4.78 is 35.8. The first-order valence-electron chi connectivity index (χ1n) is 4.12. The van der Waals surface area contributed by atoms with E-state index in [0.29, 0.717) is 0 Å². The minimum absolute atomic E-state index is 0. The zero-order valence-corrected chi connectivity index (χ0v) is 9.33. The van der Waals surface area contributed by atoms with Crippen LogP contribution in [0.15, 0.2) is 0 Å². The number of hydrogen-bond donors (Lipinski definition) is 0.